The number of carbonyl (C=O) groups is 2. The minimum absolute atomic E-state index is 0. The molecule has 0 spiro atoms. The number of hydrogen-bond donors (Lipinski definition) is 3. The Morgan fingerprint density at radius 2 is 1.82 bits per heavy atom. The zero-order valence-electron chi connectivity index (χ0n) is 5.07. The SMILES string of the molecule is O=C(O)C1CNC1C(=O)O.[NaH]. The number of rotatable bonds is 2. The van der Waals surface area contributed by atoms with Gasteiger partial charge in [-0.15, -0.1) is 0 Å². The summed E-state index contributed by atoms with van der Waals surface area (Å²) in [5, 5.41) is 19.2. The van der Waals surface area contributed by atoms with E-state index in [-0.39, 0.29) is 36.1 Å². The second-order valence-electron chi connectivity index (χ2n) is 2.17. The molecule has 0 saturated carbocycles. The van der Waals surface area contributed by atoms with Crippen LogP contribution in [0.1, 0.15) is 0 Å². The van der Waals surface area contributed by atoms with Crippen LogP contribution in [0, 0.1) is 5.92 Å². The molecule has 1 heterocycles. The van der Waals surface area contributed by atoms with Crippen molar-refractivity contribution in [3.63, 3.8) is 0 Å². The molecule has 58 valence electrons. The summed E-state index contributed by atoms with van der Waals surface area (Å²) in [6.45, 7) is 0.256. The Kier molecular flexibility index (Phi) is 4.02. The van der Waals surface area contributed by atoms with Crippen molar-refractivity contribution >= 4 is 41.5 Å². The molecule has 0 bridgehead atoms. The van der Waals surface area contributed by atoms with Gasteiger partial charge in [0, 0.05) is 6.54 Å². The van der Waals surface area contributed by atoms with Crippen LogP contribution in [0.3, 0.4) is 0 Å². The maximum atomic E-state index is 10.2. The fourth-order valence-corrected chi connectivity index (χ4v) is 0.843. The number of carboxylic acids is 2. The molecule has 0 amide bonds. The summed E-state index contributed by atoms with van der Waals surface area (Å²) in [6.07, 6.45) is 0. The first kappa shape index (κ1) is 10.9. The summed E-state index contributed by atoms with van der Waals surface area (Å²) in [5.41, 5.74) is 0. The third-order valence-corrected chi connectivity index (χ3v) is 1.54. The van der Waals surface area contributed by atoms with Crippen LogP contribution in [0.5, 0.6) is 0 Å². The van der Waals surface area contributed by atoms with Crippen LogP contribution in [0.25, 0.3) is 0 Å². The number of aliphatic carboxylic acids is 2. The molecular formula is C5H8NNaO4. The van der Waals surface area contributed by atoms with Crippen molar-refractivity contribution in [3.05, 3.63) is 0 Å². The quantitative estimate of drug-likeness (QED) is 0.420. The third kappa shape index (κ3) is 2.16. The van der Waals surface area contributed by atoms with Gasteiger partial charge in [-0.3, -0.25) is 9.59 Å². The van der Waals surface area contributed by atoms with Crippen LogP contribution in [-0.4, -0.2) is 64.3 Å². The Balaban J connectivity index is 0.000001000. The van der Waals surface area contributed by atoms with E-state index >= 15 is 0 Å². The predicted molar refractivity (Wildman–Crippen MR) is 37.7 cm³/mol. The van der Waals surface area contributed by atoms with Gasteiger partial charge in [0.1, 0.15) is 6.04 Å². The van der Waals surface area contributed by atoms with Crippen molar-refractivity contribution in [3.8, 4) is 0 Å². The Hall–Kier alpha value is -0.100. The van der Waals surface area contributed by atoms with Crippen molar-refractivity contribution in [2.24, 2.45) is 5.92 Å². The van der Waals surface area contributed by atoms with E-state index in [1.54, 1.807) is 0 Å². The van der Waals surface area contributed by atoms with Crippen molar-refractivity contribution in [2.45, 2.75) is 6.04 Å². The van der Waals surface area contributed by atoms with Gasteiger partial charge in [-0.25, -0.2) is 0 Å². The van der Waals surface area contributed by atoms with E-state index in [1.807, 2.05) is 0 Å². The predicted octanol–water partition coefficient (Wildman–Crippen LogP) is -1.90. The maximum absolute atomic E-state index is 10.2. The minimum atomic E-state index is -1.10. The molecule has 5 nitrogen and oxygen atoms in total. The molecule has 0 radical (unpaired) electrons. The van der Waals surface area contributed by atoms with E-state index in [4.69, 9.17) is 10.2 Å². The van der Waals surface area contributed by atoms with Gasteiger partial charge in [0.2, 0.25) is 0 Å². The third-order valence-electron chi connectivity index (χ3n) is 1.54. The molecule has 6 heteroatoms. The van der Waals surface area contributed by atoms with Gasteiger partial charge in [0.25, 0.3) is 0 Å². The summed E-state index contributed by atoms with van der Waals surface area (Å²) in [5.74, 6) is -2.90. The zero-order chi connectivity index (χ0) is 7.72. The van der Waals surface area contributed by atoms with Gasteiger partial charge in [-0.2, -0.15) is 0 Å². The van der Waals surface area contributed by atoms with Gasteiger partial charge in [0.15, 0.2) is 0 Å². The Bertz CT molecular complexity index is 163. The van der Waals surface area contributed by atoms with Crippen molar-refractivity contribution < 1.29 is 19.8 Å². The van der Waals surface area contributed by atoms with Gasteiger partial charge >= 0.3 is 41.5 Å². The van der Waals surface area contributed by atoms with Crippen LogP contribution in [0.15, 0.2) is 0 Å². The molecule has 1 aliphatic rings. The first-order valence-electron chi connectivity index (χ1n) is 2.82. The average Bonchev–Trinajstić information content (AvgIpc) is 1.56. The molecule has 3 N–H and O–H groups in total. The van der Waals surface area contributed by atoms with E-state index in [9.17, 15) is 9.59 Å². The average molecular weight is 169 g/mol. The normalized spacial score (nSPS) is 28.0. The second kappa shape index (κ2) is 4.06. The summed E-state index contributed by atoms with van der Waals surface area (Å²) >= 11 is 0. The number of nitrogens with one attached hydrogen (secondary N) is 1. The molecule has 1 fully saturated rings. The first-order valence-corrected chi connectivity index (χ1v) is 2.82. The molecule has 0 aromatic rings. The summed E-state index contributed by atoms with van der Waals surface area (Å²) < 4.78 is 0. The van der Waals surface area contributed by atoms with Crippen molar-refractivity contribution in [1.29, 1.82) is 0 Å². The Labute approximate surface area is 85.1 Å². The molecule has 2 atom stereocenters. The molecule has 0 aromatic carbocycles. The topological polar surface area (TPSA) is 86.6 Å². The van der Waals surface area contributed by atoms with Crippen LogP contribution in [-0.2, 0) is 9.59 Å². The Morgan fingerprint density at radius 3 is 1.91 bits per heavy atom. The second-order valence-corrected chi connectivity index (χ2v) is 2.17. The van der Waals surface area contributed by atoms with Gasteiger partial charge < -0.3 is 15.5 Å². The fourth-order valence-electron chi connectivity index (χ4n) is 0.843. The molecule has 0 aliphatic carbocycles. The van der Waals surface area contributed by atoms with Crippen LogP contribution in [0.2, 0.25) is 0 Å². The zero-order valence-corrected chi connectivity index (χ0v) is 5.07. The first-order chi connectivity index (χ1) is 4.63. The summed E-state index contributed by atoms with van der Waals surface area (Å²) in [4.78, 5) is 20.4. The monoisotopic (exact) mass is 169 g/mol. The molecule has 1 rings (SSSR count). The van der Waals surface area contributed by atoms with Gasteiger partial charge in [0.05, 0.1) is 5.92 Å². The van der Waals surface area contributed by atoms with E-state index < -0.39 is 23.9 Å². The Morgan fingerprint density at radius 1 is 1.27 bits per heavy atom. The molecular weight excluding hydrogens is 161 g/mol. The van der Waals surface area contributed by atoms with E-state index in [2.05, 4.69) is 5.32 Å². The van der Waals surface area contributed by atoms with Crippen molar-refractivity contribution in [1.82, 2.24) is 5.32 Å². The van der Waals surface area contributed by atoms with E-state index in [0.717, 1.165) is 0 Å². The standard InChI is InChI=1S/C5H7NO4.Na.H/c7-4(8)2-1-6-3(2)5(9)10;;/h2-3,6H,1H2,(H,7,8)(H,9,10);;. The van der Waals surface area contributed by atoms with E-state index in [1.165, 1.54) is 0 Å². The summed E-state index contributed by atoms with van der Waals surface area (Å²) in [6, 6.07) is -0.891. The van der Waals surface area contributed by atoms with Crippen LogP contribution in [0.4, 0.5) is 0 Å². The molecule has 1 aliphatic heterocycles. The molecule has 11 heavy (non-hydrogen) atoms. The number of carboxylic acid groups (broad SMARTS) is 2. The fraction of sp³-hybridized carbons (Fsp3) is 0.600. The van der Waals surface area contributed by atoms with Gasteiger partial charge in [-0.1, -0.05) is 0 Å². The van der Waals surface area contributed by atoms with Crippen LogP contribution < -0.4 is 5.32 Å². The van der Waals surface area contributed by atoms with Gasteiger partial charge in [-0.05, 0) is 0 Å². The van der Waals surface area contributed by atoms with Crippen LogP contribution >= 0.6 is 0 Å². The summed E-state index contributed by atoms with van der Waals surface area (Å²) in [7, 11) is 0. The molecule has 0 aromatic heterocycles. The molecule has 1 saturated heterocycles. The van der Waals surface area contributed by atoms with Crippen molar-refractivity contribution in [2.75, 3.05) is 6.54 Å². The molecule has 2 unspecified atom stereocenters. The number of hydrogen-bond acceptors (Lipinski definition) is 3. The van der Waals surface area contributed by atoms with E-state index in [0.29, 0.717) is 0 Å².